The highest BCUT2D eigenvalue weighted by Gasteiger charge is 2.00. The zero-order valence-corrected chi connectivity index (χ0v) is 8.72. The number of pyridine rings is 1. The van der Waals surface area contributed by atoms with Gasteiger partial charge in [0.2, 0.25) is 0 Å². The molecule has 0 aliphatic rings. The number of rotatable bonds is 2. The Labute approximate surface area is 93.2 Å². The van der Waals surface area contributed by atoms with E-state index < -0.39 is 0 Å². The summed E-state index contributed by atoms with van der Waals surface area (Å²) in [4.78, 5) is 11.5. The van der Waals surface area contributed by atoms with Crippen molar-refractivity contribution in [1.29, 1.82) is 0 Å². The average molecular weight is 209 g/mol. The molecule has 0 bridgehead atoms. The van der Waals surface area contributed by atoms with Crippen LogP contribution in [0.15, 0.2) is 48.9 Å². The van der Waals surface area contributed by atoms with E-state index in [0.29, 0.717) is 0 Å². The summed E-state index contributed by atoms with van der Waals surface area (Å²) in [6.07, 6.45) is 4.46. The van der Waals surface area contributed by atoms with Crippen LogP contribution in [0, 0.1) is 0 Å². The second-order valence-corrected chi connectivity index (χ2v) is 3.78. The Morgan fingerprint density at radius 2 is 1.88 bits per heavy atom. The molecule has 0 amide bonds. The molecule has 0 aliphatic heterocycles. The summed E-state index contributed by atoms with van der Waals surface area (Å²) in [5.74, 6) is 0. The number of aromatic nitrogens is 3. The van der Waals surface area contributed by atoms with Crippen LogP contribution in [0.3, 0.4) is 0 Å². The van der Waals surface area contributed by atoms with E-state index in [4.69, 9.17) is 0 Å². The van der Waals surface area contributed by atoms with E-state index in [2.05, 4.69) is 45.3 Å². The quantitative estimate of drug-likeness (QED) is 0.704. The zero-order chi connectivity index (χ0) is 10.8. The molecule has 1 N–H and O–H groups in total. The molecule has 1 aromatic carbocycles. The van der Waals surface area contributed by atoms with Crippen LogP contribution >= 0.6 is 0 Å². The first kappa shape index (κ1) is 9.09. The highest BCUT2D eigenvalue weighted by Crippen LogP contribution is 2.12. The summed E-state index contributed by atoms with van der Waals surface area (Å²) in [5.41, 5.74) is 4.26. The average Bonchev–Trinajstić information content (AvgIpc) is 2.77. The lowest BCUT2D eigenvalue weighted by molar-refractivity contribution is 1.16. The van der Waals surface area contributed by atoms with E-state index in [-0.39, 0.29) is 0 Å². The van der Waals surface area contributed by atoms with Crippen LogP contribution in [0.25, 0.3) is 11.2 Å². The molecule has 0 atom stereocenters. The van der Waals surface area contributed by atoms with Crippen molar-refractivity contribution in [3.8, 4) is 0 Å². The van der Waals surface area contributed by atoms with Crippen LogP contribution in [0.2, 0.25) is 0 Å². The molecule has 3 rings (SSSR count). The fourth-order valence-electron chi connectivity index (χ4n) is 1.80. The maximum Gasteiger partial charge on any atom is 0.177 e. The predicted octanol–water partition coefficient (Wildman–Crippen LogP) is 2.55. The molecule has 0 saturated carbocycles. The number of fused-ring (bicyclic) bond motifs is 1. The van der Waals surface area contributed by atoms with E-state index in [1.165, 1.54) is 11.1 Å². The first-order valence-corrected chi connectivity index (χ1v) is 5.24. The van der Waals surface area contributed by atoms with Crippen molar-refractivity contribution < 1.29 is 0 Å². The van der Waals surface area contributed by atoms with Gasteiger partial charge in [0.25, 0.3) is 0 Å². The highest BCUT2D eigenvalue weighted by atomic mass is 14.9. The number of hydrogen-bond acceptors (Lipinski definition) is 2. The summed E-state index contributed by atoms with van der Waals surface area (Å²) in [5, 5.41) is 0. The van der Waals surface area contributed by atoms with Gasteiger partial charge in [-0.3, -0.25) is 0 Å². The molecule has 0 saturated heterocycles. The van der Waals surface area contributed by atoms with Gasteiger partial charge in [0.05, 0.1) is 11.8 Å². The van der Waals surface area contributed by atoms with Crippen LogP contribution in [0.1, 0.15) is 11.1 Å². The molecule has 2 heterocycles. The second-order valence-electron chi connectivity index (χ2n) is 3.78. The van der Waals surface area contributed by atoms with Gasteiger partial charge in [-0.25, -0.2) is 9.97 Å². The Hall–Kier alpha value is -2.16. The van der Waals surface area contributed by atoms with Gasteiger partial charge in [-0.15, -0.1) is 0 Å². The third kappa shape index (κ3) is 1.67. The summed E-state index contributed by atoms with van der Waals surface area (Å²) in [6, 6.07) is 12.5. The van der Waals surface area contributed by atoms with Crippen molar-refractivity contribution in [2.24, 2.45) is 0 Å². The SMILES string of the molecule is c1ccc(Cc2cnc3nc[nH]c3c2)cc1. The smallest absolute Gasteiger partial charge is 0.177 e. The van der Waals surface area contributed by atoms with Crippen molar-refractivity contribution in [3.63, 3.8) is 0 Å². The van der Waals surface area contributed by atoms with Crippen molar-refractivity contribution in [2.75, 3.05) is 0 Å². The summed E-state index contributed by atoms with van der Waals surface area (Å²) in [6.45, 7) is 0. The third-order valence-corrected chi connectivity index (χ3v) is 2.58. The molecule has 3 nitrogen and oxygen atoms in total. The lowest BCUT2D eigenvalue weighted by atomic mass is 10.1. The first-order valence-electron chi connectivity index (χ1n) is 5.24. The van der Waals surface area contributed by atoms with E-state index in [0.717, 1.165) is 17.6 Å². The largest absolute Gasteiger partial charge is 0.343 e. The van der Waals surface area contributed by atoms with Gasteiger partial charge in [0, 0.05) is 6.20 Å². The lowest BCUT2D eigenvalue weighted by Gasteiger charge is -2.00. The van der Waals surface area contributed by atoms with Crippen LogP contribution in [-0.2, 0) is 6.42 Å². The van der Waals surface area contributed by atoms with Crippen LogP contribution < -0.4 is 0 Å². The maximum absolute atomic E-state index is 4.29. The van der Waals surface area contributed by atoms with Crippen molar-refractivity contribution in [3.05, 3.63) is 60.0 Å². The number of hydrogen-bond donors (Lipinski definition) is 1. The van der Waals surface area contributed by atoms with Gasteiger partial charge in [-0.2, -0.15) is 0 Å². The Balaban J connectivity index is 1.94. The predicted molar refractivity (Wildman–Crippen MR) is 63.1 cm³/mol. The normalized spacial score (nSPS) is 10.8. The minimum absolute atomic E-state index is 0.775. The Bertz CT molecular complexity index is 599. The van der Waals surface area contributed by atoms with Crippen molar-refractivity contribution >= 4 is 11.2 Å². The molecule has 3 aromatic rings. The monoisotopic (exact) mass is 209 g/mol. The van der Waals surface area contributed by atoms with Crippen molar-refractivity contribution in [2.45, 2.75) is 6.42 Å². The van der Waals surface area contributed by atoms with Gasteiger partial charge in [0.15, 0.2) is 5.65 Å². The number of imidazole rings is 1. The lowest BCUT2D eigenvalue weighted by Crippen LogP contribution is -1.89. The minimum atomic E-state index is 0.775. The van der Waals surface area contributed by atoms with Gasteiger partial charge < -0.3 is 4.98 Å². The number of aromatic amines is 1. The van der Waals surface area contributed by atoms with E-state index in [1.54, 1.807) is 6.33 Å². The molecule has 3 heteroatoms. The number of H-pyrrole nitrogens is 1. The Morgan fingerprint density at radius 3 is 2.75 bits per heavy atom. The molecule has 0 aliphatic carbocycles. The fourth-order valence-corrected chi connectivity index (χ4v) is 1.80. The topological polar surface area (TPSA) is 41.6 Å². The van der Waals surface area contributed by atoms with Gasteiger partial charge in [0.1, 0.15) is 0 Å². The van der Waals surface area contributed by atoms with E-state index in [9.17, 15) is 0 Å². The molecule has 0 fully saturated rings. The molecular formula is C13H11N3. The van der Waals surface area contributed by atoms with Crippen LogP contribution in [0.5, 0.6) is 0 Å². The third-order valence-electron chi connectivity index (χ3n) is 2.58. The molecule has 0 unspecified atom stereocenters. The first-order chi connectivity index (χ1) is 7.92. The van der Waals surface area contributed by atoms with Crippen molar-refractivity contribution in [1.82, 2.24) is 15.0 Å². The van der Waals surface area contributed by atoms with Crippen LogP contribution in [0.4, 0.5) is 0 Å². The molecule has 2 aromatic heterocycles. The van der Waals surface area contributed by atoms with Gasteiger partial charge >= 0.3 is 0 Å². The Morgan fingerprint density at radius 1 is 1.00 bits per heavy atom. The summed E-state index contributed by atoms with van der Waals surface area (Å²) < 4.78 is 0. The zero-order valence-electron chi connectivity index (χ0n) is 8.72. The standard InChI is InChI=1S/C13H11N3/c1-2-4-10(5-3-1)6-11-7-12-13(14-8-11)16-9-15-12/h1-5,7-9H,6H2,(H,14,15,16). The summed E-state index contributed by atoms with van der Waals surface area (Å²) >= 11 is 0. The number of nitrogens with zero attached hydrogens (tertiary/aromatic N) is 2. The molecule has 0 spiro atoms. The Kier molecular flexibility index (Phi) is 2.14. The molecule has 0 radical (unpaired) electrons. The fraction of sp³-hybridized carbons (Fsp3) is 0.0769. The minimum Gasteiger partial charge on any atom is -0.343 e. The van der Waals surface area contributed by atoms with Crippen LogP contribution in [-0.4, -0.2) is 15.0 Å². The maximum atomic E-state index is 4.29. The highest BCUT2D eigenvalue weighted by molar-refractivity contribution is 5.70. The number of nitrogens with one attached hydrogen (secondary N) is 1. The number of benzene rings is 1. The molecular weight excluding hydrogens is 198 g/mol. The molecule has 78 valence electrons. The van der Waals surface area contributed by atoms with E-state index >= 15 is 0 Å². The van der Waals surface area contributed by atoms with Gasteiger partial charge in [-0.05, 0) is 23.6 Å². The summed E-state index contributed by atoms with van der Waals surface area (Å²) in [7, 11) is 0. The van der Waals surface area contributed by atoms with E-state index in [1.807, 2.05) is 12.3 Å². The second kappa shape index (κ2) is 3.77. The molecule has 16 heavy (non-hydrogen) atoms. The van der Waals surface area contributed by atoms with Gasteiger partial charge in [-0.1, -0.05) is 30.3 Å².